The van der Waals surface area contributed by atoms with E-state index in [-0.39, 0.29) is 11.2 Å². The molecule has 1 aromatic carbocycles. The maximum atomic E-state index is 12.0. The van der Waals surface area contributed by atoms with Gasteiger partial charge in [-0.15, -0.1) is 0 Å². The van der Waals surface area contributed by atoms with Crippen LogP contribution in [0.15, 0.2) is 42.0 Å². The molecule has 1 unspecified atom stereocenters. The highest BCUT2D eigenvalue weighted by Crippen LogP contribution is 2.28. The molecule has 0 bridgehead atoms. The zero-order valence-electron chi connectivity index (χ0n) is 11.6. The van der Waals surface area contributed by atoms with E-state index in [1.165, 1.54) is 0 Å². The summed E-state index contributed by atoms with van der Waals surface area (Å²) in [6, 6.07) is 9.30. The number of benzene rings is 1. The maximum Gasteiger partial charge on any atom is 0.161 e. The van der Waals surface area contributed by atoms with Crippen LogP contribution >= 0.6 is 0 Å². The number of hydrogen-bond donors (Lipinski definition) is 1. The van der Waals surface area contributed by atoms with Gasteiger partial charge in [0.05, 0.1) is 0 Å². The van der Waals surface area contributed by atoms with Crippen LogP contribution < -0.4 is 0 Å². The summed E-state index contributed by atoms with van der Waals surface area (Å²) in [7, 11) is 0. The van der Waals surface area contributed by atoms with Gasteiger partial charge in [0.25, 0.3) is 0 Å². The second-order valence-electron chi connectivity index (χ2n) is 5.56. The second kappa shape index (κ2) is 5.96. The number of carbonyl (C=O) groups excluding carboxylic acids is 1. The van der Waals surface area contributed by atoms with Crippen LogP contribution in [0.4, 0.5) is 0 Å². The van der Waals surface area contributed by atoms with Gasteiger partial charge >= 0.3 is 0 Å². The zero-order chi connectivity index (χ0) is 13.8. The molecule has 0 fully saturated rings. The number of allylic oxidation sites excluding steroid dienone is 1. The molecule has 2 heteroatoms. The summed E-state index contributed by atoms with van der Waals surface area (Å²) >= 11 is 0. The Morgan fingerprint density at radius 1 is 1.28 bits per heavy atom. The Balaban J connectivity index is 3.13. The van der Waals surface area contributed by atoms with Crippen molar-refractivity contribution in [3.05, 3.63) is 47.5 Å². The molecule has 1 N–H and O–H groups in total. The minimum absolute atomic E-state index is 0.00118. The SMILES string of the molecule is CCC(=O)/C(=C\C(C)(C)C)C(O)c1ccccc1. The molecule has 0 amide bonds. The van der Waals surface area contributed by atoms with Crippen LogP contribution in [0.25, 0.3) is 0 Å². The fourth-order valence-corrected chi connectivity index (χ4v) is 1.80. The molecule has 0 aliphatic carbocycles. The van der Waals surface area contributed by atoms with Crippen molar-refractivity contribution in [2.75, 3.05) is 0 Å². The highest BCUT2D eigenvalue weighted by atomic mass is 16.3. The molecule has 0 radical (unpaired) electrons. The van der Waals surface area contributed by atoms with Crippen molar-refractivity contribution < 1.29 is 9.90 Å². The summed E-state index contributed by atoms with van der Waals surface area (Å²) in [5, 5.41) is 10.4. The van der Waals surface area contributed by atoms with Gasteiger partial charge in [-0.3, -0.25) is 4.79 Å². The minimum atomic E-state index is -0.835. The Labute approximate surface area is 109 Å². The number of carbonyl (C=O) groups is 1. The van der Waals surface area contributed by atoms with Crippen molar-refractivity contribution in [3.8, 4) is 0 Å². The van der Waals surface area contributed by atoms with Gasteiger partial charge in [0.1, 0.15) is 6.10 Å². The fourth-order valence-electron chi connectivity index (χ4n) is 1.80. The molecule has 1 atom stereocenters. The predicted octanol–water partition coefficient (Wildman–Crippen LogP) is 3.67. The Morgan fingerprint density at radius 3 is 2.28 bits per heavy atom. The molecule has 98 valence electrons. The van der Waals surface area contributed by atoms with Crippen LogP contribution in [0.1, 0.15) is 45.8 Å². The van der Waals surface area contributed by atoms with Crippen molar-refractivity contribution in [3.63, 3.8) is 0 Å². The lowest BCUT2D eigenvalue weighted by Crippen LogP contribution is -2.14. The Hall–Kier alpha value is -1.41. The molecule has 0 saturated heterocycles. The van der Waals surface area contributed by atoms with E-state index in [2.05, 4.69) is 0 Å². The third-order valence-corrected chi connectivity index (χ3v) is 2.64. The molecule has 0 saturated carbocycles. The molecular formula is C16H22O2. The molecule has 0 spiro atoms. The number of ketones is 1. The fraction of sp³-hybridized carbons (Fsp3) is 0.438. The lowest BCUT2D eigenvalue weighted by molar-refractivity contribution is -0.116. The number of aliphatic hydroxyl groups excluding tert-OH is 1. The second-order valence-corrected chi connectivity index (χ2v) is 5.56. The van der Waals surface area contributed by atoms with Gasteiger partial charge in [-0.25, -0.2) is 0 Å². The first kappa shape index (κ1) is 14.7. The van der Waals surface area contributed by atoms with E-state index < -0.39 is 6.10 Å². The minimum Gasteiger partial charge on any atom is -0.384 e. The molecule has 1 aromatic rings. The van der Waals surface area contributed by atoms with E-state index in [9.17, 15) is 9.90 Å². The molecular weight excluding hydrogens is 224 g/mol. The highest BCUT2D eigenvalue weighted by molar-refractivity contribution is 5.96. The van der Waals surface area contributed by atoms with Crippen molar-refractivity contribution >= 4 is 5.78 Å². The van der Waals surface area contributed by atoms with Crippen molar-refractivity contribution in [1.82, 2.24) is 0 Å². The summed E-state index contributed by atoms with van der Waals surface area (Å²) in [4.78, 5) is 12.0. The van der Waals surface area contributed by atoms with Crippen molar-refractivity contribution in [1.29, 1.82) is 0 Å². The standard InChI is InChI=1S/C16H22O2/c1-5-14(17)13(11-16(2,3)4)15(18)12-9-7-6-8-10-12/h6-11,15,18H,5H2,1-4H3/b13-11+. The van der Waals surface area contributed by atoms with Crippen LogP contribution in [0, 0.1) is 5.41 Å². The number of rotatable bonds is 4. The number of hydrogen-bond acceptors (Lipinski definition) is 2. The maximum absolute atomic E-state index is 12.0. The first-order valence-corrected chi connectivity index (χ1v) is 6.34. The summed E-state index contributed by atoms with van der Waals surface area (Å²) in [6.45, 7) is 7.88. The summed E-state index contributed by atoms with van der Waals surface area (Å²) in [5.41, 5.74) is 1.13. The van der Waals surface area contributed by atoms with Crippen LogP contribution in [-0.4, -0.2) is 10.9 Å². The molecule has 0 heterocycles. The molecule has 1 rings (SSSR count). The quantitative estimate of drug-likeness (QED) is 0.823. The van der Waals surface area contributed by atoms with E-state index in [1.807, 2.05) is 64.1 Å². The van der Waals surface area contributed by atoms with E-state index in [0.29, 0.717) is 12.0 Å². The smallest absolute Gasteiger partial charge is 0.161 e. The number of aliphatic hydroxyl groups is 1. The van der Waals surface area contributed by atoms with Gasteiger partial charge in [0.2, 0.25) is 0 Å². The van der Waals surface area contributed by atoms with Gasteiger partial charge in [0.15, 0.2) is 5.78 Å². The summed E-state index contributed by atoms with van der Waals surface area (Å²) in [6.07, 6.45) is 1.44. The van der Waals surface area contributed by atoms with E-state index in [1.54, 1.807) is 0 Å². The third-order valence-electron chi connectivity index (χ3n) is 2.64. The largest absolute Gasteiger partial charge is 0.384 e. The highest BCUT2D eigenvalue weighted by Gasteiger charge is 2.21. The van der Waals surface area contributed by atoms with Crippen LogP contribution in [0.2, 0.25) is 0 Å². The van der Waals surface area contributed by atoms with Gasteiger partial charge in [-0.05, 0) is 11.0 Å². The average molecular weight is 246 g/mol. The Kier molecular flexibility index (Phi) is 4.85. The van der Waals surface area contributed by atoms with E-state index in [0.717, 1.165) is 5.56 Å². The Bertz CT molecular complexity index is 424. The topological polar surface area (TPSA) is 37.3 Å². The van der Waals surface area contributed by atoms with Crippen LogP contribution in [-0.2, 0) is 4.79 Å². The van der Waals surface area contributed by atoms with Gasteiger partial charge in [-0.2, -0.15) is 0 Å². The van der Waals surface area contributed by atoms with Crippen molar-refractivity contribution in [2.24, 2.45) is 5.41 Å². The lowest BCUT2D eigenvalue weighted by atomic mass is 9.87. The van der Waals surface area contributed by atoms with E-state index in [4.69, 9.17) is 0 Å². The first-order valence-electron chi connectivity index (χ1n) is 6.34. The van der Waals surface area contributed by atoms with Crippen molar-refractivity contribution in [2.45, 2.75) is 40.2 Å². The lowest BCUT2D eigenvalue weighted by Gasteiger charge is -2.20. The first-order chi connectivity index (χ1) is 8.35. The van der Waals surface area contributed by atoms with E-state index >= 15 is 0 Å². The van der Waals surface area contributed by atoms with Gasteiger partial charge in [0, 0.05) is 12.0 Å². The van der Waals surface area contributed by atoms with Gasteiger partial charge < -0.3 is 5.11 Å². The molecule has 0 aromatic heterocycles. The normalized spacial score (nSPS) is 14.4. The predicted molar refractivity (Wildman–Crippen MR) is 74.2 cm³/mol. The van der Waals surface area contributed by atoms with Crippen LogP contribution in [0.3, 0.4) is 0 Å². The summed E-state index contributed by atoms with van der Waals surface area (Å²) in [5.74, 6) is 0.00118. The molecule has 0 aliphatic heterocycles. The Morgan fingerprint density at radius 2 is 1.83 bits per heavy atom. The molecule has 18 heavy (non-hydrogen) atoms. The number of Topliss-reactive ketones (excluding diaryl/α,β-unsaturated/α-hetero) is 1. The molecule has 0 aliphatic rings. The monoisotopic (exact) mass is 246 g/mol. The van der Waals surface area contributed by atoms with Crippen LogP contribution in [0.5, 0.6) is 0 Å². The average Bonchev–Trinajstić information content (AvgIpc) is 2.34. The zero-order valence-corrected chi connectivity index (χ0v) is 11.6. The van der Waals surface area contributed by atoms with Gasteiger partial charge in [-0.1, -0.05) is 64.1 Å². The molecule has 2 nitrogen and oxygen atoms in total. The summed E-state index contributed by atoms with van der Waals surface area (Å²) < 4.78 is 0. The third kappa shape index (κ3) is 4.11.